The van der Waals surface area contributed by atoms with Gasteiger partial charge in [0, 0.05) is 36.3 Å². The number of anilines is 1. The van der Waals surface area contributed by atoms with Crippen molar-refractivity contribution in [2.75, 3.05) is 38.5 Å². The molecule has 4 heteroatoms. The Morgan fingerprint density at radius 2 is 1.73 bits per heavy atom. The number of likely N-dealkylation sites (tertiary alicyclic amines) is 1. The van der Waals surface area contributed by atoms with Gasteiger partial charge in [-0.3, -0.25) is 0 Å². The molecule has 1 fully saturated rings. The Morgan fingerprint density at radius 3 is 2.32 bits per heavy atom. The molecule has 0 aromatic heterocycles. The van der Waals surface area contributed by atoms with Crippen LogP contribution < -0.4 is 10.6 Å². The quantitative estimate of drug-likeness (QED) is 0.157. The fraction of sp³-hybridized carbons (Fsp3) is 0.432. The van der Waals surface area contributed by atoms with Crippen molar-refractivity contribution >= 4 is 12.0 Å². The molecule has 2 N–H and O–H groups in total. The minimum atomic E-state index is -0.139. The van der Waals surface area contributed by atoms with Crippen LogP contribution in [0.2, 0.25) is 0 Å². The second-order valence-electron chi connectivity index (χ2n) is 11.8. The van der Waals surface area contributed by atoms with Gasteiger partial charge in [-0.1, -0.05) is 100 Å². The molecule has 2 aromatic carbocycles. The summed E-state index contributed by atoms with van der Waals surface area (Å²) in [5, 5.41) is 6.92. The van der Waals surface area contributed by atoms with E-state index in [1.807, 2.05) is 27.8 Å². The smallest absolute Gasteiger partial charge is 0.125 e. The summed E-state index contributed by atoms with van der Waals surface area (Å²) in [5.74, 6) is 0.811. The molecule has 0 bridgehead atoms. The third kappa shape index (κ3) is 12.4. The van der Waals surface area contributed by atoms with Gasteiger partial charge in [0.05, 0.1) is 0 Å². The number of allylic oxidation sites excluding steroid dienone is 6. The molecule has 0 amide bonds. The zero-order valence-corrected chi connectivity index (χ0v) is 26.3. The van der Waals surface area contributed by atoms with E-state index >= 15 is 0 Å². The van der Waals surface area contributed by atoms with Gasteiger partial charge in [-0.15, -0.1) is 0 Å². The van der Waals surface area contributed by atoms with E-state index in [0.717, 1.165) is 31.5 Å². The molecule has 1 aliphatic heterocycles. The summed E-state index contributed by atoms with van der Waals surface area (Å²) in [6.45, 7) is 18.6. The van der Waals surface area contributed by atoms with Crippen LogP contribution in [0, 0.1) is 5.41 Å². The van der Waals surface area contributed by atoms with Crippen molar-refractivity contribution in [1.29, 1.82) is 0 Å². The molecule has 3 rings (SSSR count). The summed E-state index contributed by atoms with van der Waals surface area (Å²) >= 11 is 0. The number of carbonyl (C=O) groups is 1. The molecule has 4 nitrogen and oxygen atoms in total. The zero-order valence-electron chi connectivity index (χ0n) is 26.3. The number of hydrogen-bond donors (Lipinski definition) is 2. The first-order valence-electron chi connectivity index (χ1n) is 15.1. The van der Waals surface area contributed by atoms with Gasteiger partial charge in [0.2, 0.25) is 0 Å². The Labute approximate surface area is 250 Å². The van der Waals surface area contributed by atoms with Crippen molar-refractivity contribution in [2.24, 2.45) is 5.41 Å². The molecule has 0 spiro atoms. The lowest BCUT2D eigenvalue weighted by Crippen LogP contribution is -2.35. The van der Waals surface area contributed by atoms with Crippen LogP contribution >= 0.6 is 0 Å². The van der Waals surface area contributed by atoms with Crippen molar-refractivity contribution < 1.29 is 4.79 Å². The van der Waals surface area contributed by atoms with Gasteiger partial charge in [0.1, 0.15) is 6.29 Å². The molecule has 0 saturated carbocycles. The van der Waals surface area contributed by atoms with Crippen molar-refractivity contribution in [3.63, 3.8) is 0 Å². The molecule has 1 atom stereocenters. The van der Waals surface area contributed by atoms with Gasteiger partial charge >= 0.3 is 0 Å². The van der Waals surface area contributed by atoms with Gasteiger partial charge in [-0.2, -0.15) is 0 Å². The summed E-state index contributed by atoms with van der Waals surface area (Å²) in [4.78, 5) is 12.4. The topological polar surface area (TPSA) is 44.4 Å². The lowest BCUT2D eigenvalue weighted by Gasteiger charge is -2.32. The first-order valence-corrected chi connectivity index (χ1v) is 15.1. The van der Waals surface area contributed by atoms with E-state index < -0.39 is 0 Å². The maximum atomic E-state index is 9.83. The summed E-state index contributed by atoms with van der Waals surface area (Å²) in [6, 6.07) is 19.6. The van der Waals surface area contributed by atoms with Crippen molar-refractivity contribution in [1.82, 2.24) is 10.2 Å². The van der Waals surface area contributed by atoms with Crippen LogP contribution in [0.1, 0.15) is 76.8 Å². The lowest BCUT2D eigenvalue weighted by atomic mass is 9.87. The molecule has 1 saturated heterocycles. The van der Waals surface area contributed by atoms with Gasteiger partial charge in [-0.25, -0.2) is 0 Å². The van der Waals surface area contributed by atoms with E-state index in [9.17, 15) is 4.79 Å². The zero-order chi connectivity index (χ0) is 30.1. The molecule has 41 heavy (non-hydrogen) atoms. The molecule has 2 aromatic rings. The van der Waals surface area contributed by atoms with Crippen LogP contribution in [0.25, 0.3) is 0 Å². The number of benzene rings is 2. The molecule has 1 heterocycles. The van der Waals surface area contributed by atoms with Crippen LogP contribution in [-0.2, 0) is 4.79 Å². The highest BCUT2D eigenvalue weighted by molar-refractivity contribution is 5.56. The fourth-order valence-corrected chi connectivity index (χ4v) is 4.98. The largest absolute Gasteiger partial charge is 0.388 e. The third-order valence-corrected chi connectivity index (χ3v) is 7.25. The molecule has 1 aliphatic rings. The predicted molar refractivity (Wildman–Crippen MR) is 179 cm³/mol. The maximum Gasteiger partial charge on any atom is 0.125 e. The monoisotopic (exact) mass is 555 g/mol. The van der Waals surface area contributed by atoms with Crippen LogP contribution in [0.4, 0.5) is 5.69 Å². The highest BCUT2D eigenvalue weighted by atomic mass is 16.1. The number of carbonyl (C=O) groups excluding carboxylic acids is 1. The average molecular weight is 556 g/mol. The Balaban J connectivity index is 0.000000883. The Morgan fingerprint density at radius 1 is 1.05 bits per heavy atom. The van der Waals surface area contributed by atoms with Gasteiger partial charge in [0.25, 0.3) is 0 Å². The van der Waals surface area contributed by atoms with Crippen LogP contribution in [0.5, 0.6) is 0 Å². The van der Waals surface area contributed by atoms with Crippen LogP contribution in [-0.4, -0.2) is 44.4 Å². The van der Waals surface area contributed by atoms with Gasteiger partial charge in [0.15, 0.2) is 0 Å². The average Bonchev–Trinajstić information content (AvgIpc) is 2.99. The van der Waals surface area contributed by atoms with Crippen molar-refractivity contribution in [3.05, 3.63) is 114 Å². The maximum absolute atomic E-state index is 9.83. The molecule has 222 valence electrons. The summed E-state index contributed by atoms with van der Waals surface area (Å²) in [6.07, 6.45) is 15.2. The first-order chi connectivity index (χ1) is 19.7. The highest BCUT2D eigenvalue weighted by Crippen LogP contribution is 2.31. The van der Waals surface area contributed by atoms with Gasteiger partial charge in [-0.05, 0) is 87.5 Å². The summed E-state index contributed by atoms with van der Waals surface area (Å²) in [5.41, 5.74) is 6.13. The first kappa shape index (κ1) is 33.8. The second-order valence-corrected chi connectivity index (χ2v) is 11.8. The van der Waals surface area contributed by atoms with Crippen LogP contribution in [0.15, 0.2) is 103 Å². The van der Waals surface area contributed by atoms with E-state index in [4.69, 9.17) is 0 Å². The van der Waals surface area contributed by atoms with E-state index in [1.54, 1.807) is 0 Å². The molecule has 0 radical (unpaired) electrons. The predicted octanol–water partition coefficient (Wildman–Crippen LogP) is 8.49. The SMILES string of the molecule is C=C(NCCCN1CCC(c2cccc(NC)c2)CC1)C(C(/C=C\C)=C/C=C\C)c1ccccc1.CC(C)(C)C=O. The fourth-order valence-electron chi connectivity index (χ4n) is 4.98. The normalized spacial score (nSPS) is 15.8. The summed E-state index contributed by atoms with van der Waals surface area (Å²) < 4.78 is 0. The third-order valence-electron chi connectivity index (χ3n) is 7.25. The molecule has 0 aliphatic carbocycles. The standard InChI is InChI=1S/C32H43N3.C5H10O/c1-5-7-14-28(13-6-2)32(29-15-9-8-10-16-29)26(3)34-21-12-22-35-23-19-27(20-24-35)30-17-11-18-31(25-30)33-4;1-5(2,3)4-6/h5-11,13-18,25,27,32-34H,3,12,19-24H2,1-2,4H3;4H,1-3H3/b7-5-,13-6-,28-14+;. The minimum absolute atomic E-state index is 0.132. The number of nitrogens with one attached hydrogen (secondary N) is 2. The highest BCUT2D eigenvalue weighted by Gasteiger charge is 2.21. The van der Waals surface area contributed by atoms with E-state index in [-0.39, 0.29) is 11.3 Å². The molecule has 1 unspecified atom stereocenters. The number of hydrogen-bond acceptors (Lipinski definition) is 4. The molecular formula is C37H53N3O. The van der Waals surface area contributed by atoms with E-state index in [0.29, 0.717) is 5.92 Å². The number of nitrogens with zero attached hydrogens (tertiary/aromatic N) is 1. The second kappa shape index (κ2) is 18.1. The Bertz CT molecular complexity index is 1130. The van der Waals surface area contributed by atoms with E-state index in [2.05, 4.69) is 121 Å². The van der Waals surface area contributed by atoms with Crippen molar-refractivity contribution in [2.45, 2.75) is 65.7 Å². The number of rotatable bonds is 12. The number of aldehydes is 1. The van der Waals surface area contributed by atoms with Crippen LogP contribution in [0.3, 0.4) is 0 Å². The molecular weight excluding hydrogens is 502 g/mol. The number of piperidine rings is 1. The minimum Gasteiger partial charge on any atom is -0.388 e. The van der Waals surface area contributed by atoms with E-state index in [1.165, 1.54) is 48.3 Å². The lowest BCUT2D eigenvalue weighted by molar-refractivity contribution is -0.113. The summed E-state index contributed by atoms with van der Waals surface area (Å²) in [7, 11) is 1.99. The van der Waals surface area contributed by atoms with Gasteiger partial charge < -0.3 is 20.3 Å². The Kier molecular flexibility index (Phi) is 15.0. The van der Waals surface area contributed by atoms with Crippen molar-refractivity contribution in [3.8, 4) is 0 Å². The Hall–Kier alpha value is -3.37.